The molecule has 1 N–H and O–H groups in total. The summed E-state index contributed by atoms with van der Waals surface area (Å²) in [5.74, 6) is 0.00425. The molecule has 186 valence electrons. The van der Waals surface area contributed by atoms with E-state index in [1.54, 1.807) is 9.58 Å². The summed E-state index contributed by atoms with van der Waals surface area (Å²) >= 11 is 0. The minimum Gasteiger partial charge on any atom is -0.354 e. The minimum absolute atomic E-state index is 0.0451. The number of rotatable bonds is 9. The zero-order valence-electron chi connectivity index (χ0n) is 21.3. The Morgan fingerprint density at radius 3 is 2.42 bits per heavy atom. The van der Waals surface area contributed by atoms with Crippen LogP contribution in [0, 0.1) is 19.8 Å². The van der Waals surface area contributed by atoms with E-state index in [9.17, 15) is 9.59 Å². The molecule has 1 atom stereocenters. The Labute approximate surface area is 212 Å². The molecule has 0 fully saturated rings. The normalized spacial score (nSPS) is 12.0. The molecule has 4 aromatic rings. The van der Waals surface area contributed by atoms with Crippen LogP contribution in [0.2, 0.25) is 0 Å². The van der Waals surface area contributed by atoms with Gasteiger partial charge in [0.15, 0.2) is 0 Å². The van der Waals surface area contributed by atoms with Crippen molar-refractivity contribution in [2.24, 2.45) is 5.92 Å². The highest BCUT2D eigenvalue weighted by atomic mass is 16.2. The van der Waals surface area contributed by atoms with Gasteiger partial charge in [-0.25, -0.2) is 4.68 Å². The maximum absolute atomic E-state index is 14.1. The number of carbonyl (C=O) groups excluding carboxylic acids is 2. The number of carbonyl (C=O) groups is 2. The maximum atomic E-state index is 14.1. The Morgan fingerprint density at radius 1 is 0.944 bits per heavy atom. The minimum atomic E-state index is -0.832. The molecule has 3 aromatic carbocycles. The Kier molecular flexibility index (Phi) is 7.78. The Morgan fingerprint density at radius 2 is 1.67 bits per heavy atom. The number of fused-ring (bicyclic) bond motifs is 1. The van der Waals surface area contributed by atoms with Gasteiger partial charge in [0.2, 0.25) is 11.8 Å². The van der Waals surface area contributed by atoms with Gasteiger partial charge in [-0.1, -0.05) is 73.7 Å². The van der Waals surface area contributed by atoms with Crippen LogP contribution in [0.3, 0.4) is 0 Å². The van der Waals surface area contributed by atoms with Gasteiger partial charge in [-0.3, -0.25) is 14.5 Å². The molecule has 0 saturated carbocycles. The molecule has 7 heteroatoms. The second-order valence-corrected chi connectivity index (χ2v) is 9.51. The first-order chi connectivity index (χ1) is 17.4. The standard InChI is InChI=1S/C29H33N5O2/c1-20(2)17-18-30-29(36)28(23-12-6-5-7-13-23)34(25-16-10-11-21(3)22(25)4)27(35)19-33-26-15-9-8-14-24(26)31-32-33/h5-16,20,28H,17-19H2,1-4H3,(H,30,36)/t28-/m0/s1. The lowest BCUT2D eigenvalue weighted by atomic mass is 10.00. The number of nitrogens with one attached hydrogen (secondary N) is 1. The molecule has 4 rings (SSSR count). The first-order valence-electron chi connectivity index (χ1n) is 12.4. The van der Waals surface area contributed by atoms with Gasteiger partial charge in [0, 0.05) is 12.2 Å². The average Bonchev–Trinajstić information content (AvgIpc) is 3.27. The zero-order chi connectivity index (χ0) is 25.7. The molecular formula is C29H33N5O2. The summed E-state index contributed by atoms with van der Waals surface area (Å²) in [7, 11) is 0. The number of aromatic nitrogens is 3. The molecule has 0 saturated heterocycles. The van der Waals surface area contributed by atoms with Crippen LogP contribution in [0.4, 0.5) is 5.69 Å². The molecule has 0 aliphatic rings. The molecule has 2 amide bonds. The van der Waals surface area contributed by atoms with Crippen molar-refractivity contribution < 1.29 is 9.59 Å². The summed E-state index contributed by atoms with van der Waals surface area (Å²) in [5.41, 5.74) is 4.93. The lowest BCUT2D eigenvalue weighted by Gasteiger charge is -2.33. The smallest absolute Gasteiger partial charge is 0.249 e. The largest absolute Gasteiger partial charge is 0.354 e. The third-order valence-electron chi connectivity index (χ3n) is 6.45. The fourth-order valence-electron chi connectivity index (χ4n) is 4.29. The number of hydrogen-bond donors (Lipinski definition) is 1. The van der Waals surface area contributed by atoms with Crippen LogP contribution in [0.5, 0.6) is 0 Å². The summed E-state index contributed by atoms with van der Waals surface area (Å²) in [6.07, 6.45) is 0.857. The van der Waals surface area contributed by atoms with Crippen molar-refractivity contribution in [3.8, 4) is 0 Å². The number of hydrogen-bond acceptors (Lipinski definition) is 4. The summed E-state index contributed by atoms with van der Waals surface area (Å²) < 4.78 is 1.59. The number of nitrogens with zero attached hydrogens (tertiary/aromatic N) is 4. The Bertz CT molecular complexity index is 1350. The van der Waals surface area contributed by atoms with E-state index < -0.39 is 6.04 Å². The van der Waals surface area contributed by atoms with Crippen LogP contribution in [0.1, 0.15) is 43.0 Å². The van der Waals surface area contributed by atoms with Gasteiger partial charge in [-0.15, -0.1) is 5.10 Å². The Balaban J connectivity index is 1.79. The van der Waals surface area contributed by atoms with Crippen LogP contribution < -0.4 is 10.2 Å². The number of anilines is 1. The van der Waals surface area contributed by atoms with Crippen molar-refractivity contribution in [1.29, 1.82) is 0 Å². The molecule has 0 bridgehead atoms. The second kappa shape index (κ2) is 11.2. The molecule has 0 aliphatic heterocycles. The van der Waals surface area contributed by atoms with Crippen molar-refractivity contribution in [2.75, 3.05) is 11.4 Å². The van der Waals surface area contributed by atoms with Gasteiger partial charge < -0.3 is 5.32 Å². The molecule has 0 aliphatic carbocycles. The molecule has 0 radical (unpaired) electrons. The third-order valence-corrected chi connectivity index (χ3v) is 6.45. The van der Waals surface area contributed by atoms with Crippen LogP contribution >= 0.6 is 0 Å². The monoisotopic (exact) mass is 483 g/mol. The van der Waals surface area contributed by atoms with Gasteiger partial charge in [-0.05, 0) is 61.1 Å². The van der Waals surface area contributed by atoms with Crippen molar-refractivity contribution >= 4 is 28.5 Å². The lowest BCUT2D eigenvalue weighted by molar-refractivity contribution is -0.127. The van der Waals surface area contributed by atoms with Gasteiger partial charge in [-0.2, -0.15) is 0 Å². The molecule has 36 heavy (non-hydrogen) atoms. The molecule has 1 aromatic heterocycles. The van der Waals surface area contributed by atoms with Crippen LogP contribution in [0.25, 0.3) is 11.0 Å². The summed E-state index contributed by atoms with van der Waals surface area (Å²) in [6.45, 7) is 8.73. The quantitative estimate of drug-likeness (QED) is 0.364. The topological polar surface area (TPSA) is 80.1 Å². The van der Waals surface area contributed by atoms with E-state index in [2.05, 4.69) is 29.5 Å². The Hall–Kier alpha value is -4.00. The van der Waals surface area contributed by atoms with Crippen LogP contribution in [-0.2, 0) is 16.1 Å². The van der Waals surface area contributed by atoms with E-state index in [0.29, 0.717) is 18.2 Å². The van der Waals surface area contributed by atoms with E-state index in [4.69, 9.17) is 0 Å². The summed E-state index contributed by atoms with van der Waals surface area (Å²) in [5, 5.41) is 11.5. The highest BCUT2D eigenvalue weighted by molar-refractivity contribution is 6.02. The van der Waals surface area contributed by atoms with Gasteiger partial charge in [0.25, 0.3) is 0 Å². The van der Waals surface area contributed by atoms with Crippen molar-refractivity contribution in [2.45, 2.75) is 46.7 Å². The summed E-state index contributed by atoms with van der Waals surface area (Å²) in [6, 6.07) is 22.0. The lowest BCUT2D eigenvalue weighted by Crippen LogP contribution is -2.46. The fourth-order valence-corrected chi connectivity index (χ4v) is 4.29. The van der Waals surface area contributed by atoms with E-state index in [1.807, 2.05) is 86.6 Å². The molecule has 7 nitrogen and oxygen atoms in total. The predicted molar refractivity (Wildman–Crippen MR) is 143 cm³/mol. The fraction of sp³-hybridized carbons (Fsp3) is 0.310. The predicted octanol–water partition coefficient (Wildman–Crippen LogP) is 4.98. The number of amides is 2. The first-order valence-corrected chi connectivity index (χ1v) is 12.4. The van der Waals surface area contributed by atoms with E-state index in [0.717, 1.165) is 34.1 Å². The van der Waals surface area contributed by atoms with Crippen LogP contribution in [0.15, 0.2) is 72.8 Å². The highest BCUT2D eigenvalue weighted by Crippen LogP contribution is 2.32. The van der Waals surface area contributed by atoms with Gasteiger partial charge in [0.05, 0.1) is 5.52 Å². The molecule has 0 unspecified atom stereocenters. The van der Waals surface area contributed by atoms with E-state index in [-0.39, 0.29) is 18.4 Å². The third kappa shape index (κ3) is 5.46. The van der Waals surface area contributed by atoms with E-state index >= 15 is 0 Å². The number of aryl methyl sites for hydroxylation is 1. The summed E-state index contributed by atoms with van der Waals surface area (Å²) in [4.78, 5) is 29.4. The first kappa shape index (κ1) is 25.1. The molecular weight excluding hydrogens is 450 g/mol. The zero-order valence-corrected chi connectivity index (χ0v) is 21.3. The maximum Gasteiger partial charge on any atom is 0.249 e. The van der Waals surface area contributed by atoms with Crippen molar-refractivity contribution in [1.82, 2.24) is 20.3 Å². The second-order valence-electron chi connectivity index (χ2n) is 9.51. The SMILES string of the molecule is Cc1cccc(N(C(=O)Cn2nnc3ccccc32)[C@H](C(=O)NCCC(C)C)c2ccccc2)c1C. The van der Waals surface area contributed by atoms with Gasteiger partial charge in [0.1, 0.15) is 18.1 Å². The average molecular weight is 484 g/mol. The molecule has 0 spiro atoms. The number of para-hydroxylation sites is 1. The van der Waals surface area contributed by atoms with Crippen LogP contribution in [-0.4, -0.2) is 33.4 Å². The number of benzene rings is 3. The van der Waals surface area contributed by atoms with Gasteiger partial charge >= 0.3 is 0 Å². The highest BCUT2D eigenvalue weighted by Gasteiger charge is 2.34. The van der Waals surface area contributed by atoms with Crippen molar-refractivity contribution in [3.05, 3.63) is 89.5 Å². The van der Waals surface area contributed by atoms with E-state index in [1.165, 1.54) is 0 Å². The molecule has 1 heterocycles. The van der Waals surface area contributed by atoms with Crippen molar-refractivity contribution in [3.63, 3.8) is 0 Å².